The van der Waals surface area contributed by atoms with Crippen molar-refractivity contribution in [2.24, 2.45) is 5.92 Å². The summed E-state index contributed by atoms with van der Waals surface area (Å²) < 4.78 is 0. The number of thiophene rings is 1. The van der Waals surface area contributed by atoms with E-state index in [1.165, 1.54) is 22.2 Å². The van der Waals surface area contributed by atoms with Gasteiger partial charge in [0.1, 0.15) is 16.5 Å². The van der Waals surface area contributed by atoms with Crippen molar-refractivity contribution in [2.75, 3.05) is 37.0 Å². The Labute approximate surface area is 176 Å². The number of anilines is 1. The van der Waals surface area contributed by atoms with E-state index in [1.54, 1.807) is 0 Å². The molecular formula is C21H29ClN4OS. The number of carbonyl (C=O) groups excluding carboxylic acids is 1. The molecule has 4 rings (SSSR count). The Morgan fingerprint density at radius 1 is 1.25 bits per heavy atom. The van der Waals surface area contributed by atoms with E-state index in [9.17, 15) is 4.79 Å². The van der Waals surface area contributed by atoms with E-state index in [4.69, 9.17) is 21.6 Å². The van der Waals surface area contributed by atoms with Gasteiger partial charge in [0.2, 0.25) is 5.91 Å². The van der Waals surface area contributed by atoms with Crippen LogP contribution < -0.4 is 4.90 Å². The van der Waals surface area contributed by atoms with E-state index in [-0.39, 0.29) is 5.91 Å². The van der Waals surface area contributed by atoms with Crippen molar-refractivity contribution in [3.8, 4) is 0 Å². The fourth-order valence-electron chi connectivity index (χ4n) is 4.23. The summed E-state index contributed by atoms with van der Waals surface area (Å²) >= 11 is 7.61. The smallest absolute Gasteiger partial charge is 0.223 e. The first-order valence-corrected chi connectivity index (χ1v) is 11.7. The zero-order valence-corrected chi connectivity index (χ0v) is 18.6. The Kier molecular flexibility index (Phi) is 5.79. The fraction of sp³-hybridized carbons (Fsp3) is 0.667. The highest BCUT2D eigenvalue weighted by molar-refractivity contribution is 7.19. The maximum Gasteiger partial charge on any atom is 0.223 e. The third-order valence-corrected chi connectivity index (χ3v) is 7.25. The van der Waals surface area contributed by atoms with Crippen LogP contribution in [0.25, 0.3) is 10.2 Å². The number of hydrogen-bond donors (Lipinski definition) is 0. The Morgan fingerprint density at radius 3 is 2.68 bits per heavy atom. The van der Waals surface area contributed by atoms with Gasteiger partial charge in [0, 0.05) is 49.3 Å². The van der Waals surface area contributed by atoms with Gasteiger partial charge in [-0.2, -0.15) is 0 Å². The molecule has 2 aromatic heterocycles. The number of piperazine rings is 1. The lowest BCUT2D eigenvalue weighted by Gasteiger charge is -2.36. The zero-order valence-electron chi connectivity index (χ0n) is 17.0. The summed E-state index contributed by atoms with van der Waals surface area (Å²) in [6, 6.07) is 0. The Bertz CT molecular complexity index is 873. The summed E-state index contributed by atoms with van der Waals surface area (Å²) in [6.07, 6.45) is 3.95. The van der Waals surface area contributed by atoms with Crippen LogP contribution >= 0.6 is 22.9 Å². The molecule has 2 aromatic rings. The van der Waals surface area contributed by atoms with E-state index < -0.39 is 0 Å². The number of carbonyl (C=O) groups is 1. The van der Waals surface area contributed by atoms with E-state index in [0.29, 0.717) is 18.2 Å². The average Bonchev–Trinajstić information content (AvgIpc) is 3.04. The standard InChI is InChI=1S/C21H29ClN4OS/c1-13(2)19-23-20(26-10-8-25(9-11-26)17(27)6-7-22)18-15-5-4-14(3)12-16(15)28-21(18)24-19/h13-14H,4-12H2,1-3H3/t14-/m1/s1. The Hall–Kier alpha value is -1.40. The van der Waals surface area contributed by atoms with Crippen molar-refractivity contribution < 1.29 is 4.79 Å². The zero-order chi connectivity index (χ0) is 19.8. The maximum atomic E-state index is 12.2. The molecule has 1 aliphatic heterocycles. The van der Waals surface area contributed by atoms with Crippen molar-refractivity contribution in [2.45, 2.75) is 52.4 Å². The quantitative estimate of drug-likeness (QED) is 0.695. The second-order valence-electron chi connectivity index (χ2n) is 8.40. The van der Waals surface area contributed by atoms with Crippen LogP contribution in [-0.2, 0) is 17.6 Å². The number of aromatic nitrogens is 2. The van der Waals surface area contributed by atoms with Crippen molar-refractivity contribution >= 4 is 44.9 Å². The molecule has 152 valence electrons. The number of aryl methyl sites for hydroxylation is 1. The van der Waals surface area contributed by atoms with E-state index in [2.05, 4.69) is 25.7 Å². The molecule has 0 N–H and O–H groups in total. The summed E-state index contributed by atoms with van der Waals surface area (Å²) in [5.74, 6) is 3.61. The lowest BCUT2D eigenvalue weighted by molar-refractivity contribution is -0.131. The van der Waals surface area contributed by atoms with Crippen molar-refractivity contribution in [3.63, 3.8) is 0 Å². The van der Waals surface area contributed by atoms with Gasteiger partial charge in [-0.25, -0.2) is 9.97 Å². The second kappa shape index (κ2) is 8.15. The number of alkyl halides is 1. The highest BCUT2D eigenvalue weighted by Crippen LogP contribution is 2.41. The number of hydrogen-bond acceptors (Lipinski definition) is 5. The van der Waals surface area contributed by atoms with Crippen molar-refractivity contribution in [1.82, 2.24) is 14.9 Å². The van der Waals surface area contributed by atoms with Crippen LogP contribution in [0.5, 0.6) is 0 Å². The van der Waals surface area contributed by atoms with Gasteiger partial charge in [-0.3, -0.25) is 4.79 Å². The molecule has 1 saturated heterocycles. The molecule has 5 nitrogen and oxygen atoms in total. The number of fused-ring (bicyclic) bond motifs is 3. The lowest BCUT2D eigenvalue weighted by Crippen LogP contribution is -2.49. The second-order valence-corrected chi connectivity index (χ2v) is 9.86. The SMILES string of the molecule is CC(C)c1nc(N2CCN(C(=O)CCCl)CC2)c2c3c(sc2n1)C[C@H](C)CC3. The summed E-state index contributed by atoms with van der Waals surface area (Å²) in [7, 11) is 0. The van der Waals surface area contributed by atoms with Crippen molar-refractivity contribution in [1.29, 1.82) is 0 Å². The minimum Gasteiger partial charge on any atom is -0.352 e. The minimum absolute atomic E-state index is 0.159. The van der Waals surface area contributed by atoms with Crippen molar-refractivity contribution in [3.05, 3.63) is 16.3 Å². The molecule has 2 aliphatic rings. The molecule has 0 radical (unpaired) electrons. The molecule has 0 spiro atoms. The van der Waals surface area contributed by atoms with Gasteiger partial charge in [0.15, 0.2) is 0 Å². The molecule has 0 aromatic carbocycles. The van der Waals surface area contributed by atoms with Gasteiger partial charge in [-0.1, -0.05) is 20.8 Å². The molecule has 1 amide bonds. The van der Waals surface area contributed by atoms with Gasteiger partial charge in [0.25, 0.3) is 0 Å². The van der Waals surface area contributed by atoms with Crippen LogP contribution in [0.1, 0.15) is 55.8 Å². The number of rotatable bonds is 4. The molecule has 1 fully saturated rings. The molecule has 3 heterocycles. The van der Waals surface area contributed by atoms with E-state index >= 15 is 0 Å². The van der Waals surface area contributed by atoms with E-state index in [0.717, 1.165) is 61.4 Å². The number of amides is 1. The van der Waals surface area contributed by atoms with Gasteiger partial charge in [-0.15, -0.1) is 22.9 Å². The van der Waals surface area contributed by atoms with Gasteiger partial charge >= 0.3 is 0 Å². The van der Waals surface area contributed by atoms with Crippen LogP contribution in [-0.4, -0.2) is 52.8 Å². The fourth-order valence-corrected chi connectivity index (χ4v) is 5.78. The molecule has 0 unspecified atom stereocenters. The summed E-state index contributed by atoms with van der Waals surface area (Å²) in [6.45, 7) is 9.77. The van der Waals surface area contributed by atoms with Crippen LogP contribution in [0, 0.1) is 5.92 Å². The molecule has 1 atom stereocenters. The minimum atomic E-state index is 0.159. The highest BCUT2D eigenvalue weighted by atomic mass is 35.5. The largest absolute Gasteiger partial charge is 0.352 e. The molecule has 1 aliphatic carbocycles. The van der Waals surface area contributed by atoms with Gasteiger partial charge in [0.05, 0.1) is 5.39 Å². The summed E-state index contributed by atoms with van der Waals surface area (Å²) in [5.41, 5.74) is 1.48. The van der Waals surface area contributed by atoms with Crippen LogP contribution in [0.4, 0.5) is 5.82 Å². The summed E-state index contributed by atoms with van der Waals surface area (Å²) in [5, 5.41) is 1.27. The predicted octanol–water partition coefficient (Wildman–Crippen LogP) is 4.22. The summed E-state index contributed by atoms with van der Waals surface area (Å²) in [4.78, 5) is 29.1. The molecule has 0 saturated carbocycles. The first kappa shape index (κ1) is 19.9. The molecule has 0 bridgehead atoms. The normalized spacial score (nSPS) is 20.1. The van der Waals surface area contributed by atoms with Gasteiger partial charge < -0.3 is 9.80 Å². The first-order chi connectivity index (χ1) is 13.5. The predicted molar refractivity (Wildman–Crippen MR) is 117 cm³/mol. The number of nitrogens with zero attached hydrogens (tertiary/aromatic N) is 4. The molecule has 28 heavy (non-hydrogen) atoms. The van der Waals surface area contributed by atoms with E-state index in [1.807, 2.05) is 16.2 Å². The lowest BCUT2D eigenvalue weighted by atomic mass is 9.89. The molecular weight excluding hydrogens is 392 g/mol. The van der Waals surface area contributed by atoms with Crippen LogP contribution in [0.15, 0.2) is 0 Å². The Balaban J connectivity index is 1.69. The average molecular weight is 421 g/mol. The van der Waals surface area contributed by atoms with Gasteiger partial charge in [-0.05, 0) is 30.7 Å². The monoisotopic (exact) mass is 420 g/mol. The molecule has 7 heteroatoms. The third-order valence-electron chi connectivity index (χ3n) is 5.91. The van der Waals surface area contributed by atoms with Crippen LogP contribution in [0.2, 0.25) is 0 Å². The Morgan fingerprint density at radius 2 is 2.00 bits per heavy atom. The maximum absolute atomic E-state index is 12.2. The first-order valence-electron chi connectivity index (χ1n) is 10.4. The number of halogens is 1. The third kappa shape index (κ3) is 3.73. The topological polar surface area (TPSA) is 49.3 Å². The van der Waals surface area contributed by atoms with Crippen LogP contribution in [0.3, 0.4) is 0 Å². The highest BCUT2D eigenvalue weighted by Gasteiger charge is 2.28.